The van der Waals surface area contributed by atoms with Gasteiger partial charge in [0.2, 0.25) is 5.91 Å². The smallest absolute Gasteiger partial charge is 0.237 e. The summed E-state index contributed by atoms with van der Waals surface area (Å²) in [4.78, 5) is 12.5. The molecule has 7 heteroatoms. The highest BCUT2D eigenvalue weighted by Gasteiger charge is 2.20. The molecule has 0 unspecified atom stereocenters. The van der Waals surface area contributed by atoms with E-state index >= 15 is 0 Å². The van der Waals surface area contributed by atoms with Gasteiger partial charge in [0.1, 0.15) is 6.54 Å². The van der Waals surface area contributed by atoms with E-state index in [0.29, 0.717) is 11.0 Å². The number of rotatable bonds is 7. The third kappa shape index (κ3) is 3.68. The average molecular weight is 358 g/mol. The Labute approximate surface area is 148 Å². The third-order valence-electron chi connectivity index (χ3n) is 3.56. The highest BCUT2D eigenvalue weighted by atomic mass is 32.2. The standard InChI is InChI=1S/C17H18N4OS2/c1-2-13(12-7-4-3-5-8-12)24-17-20-19-16(14-9-6-10-23-14)21(17)11-15(18)22/h3-10,13H,2,11H2,1H3,(H2,18,22)/t13-/m0/s1. The molecule has 3 rings (SSSR count). The minimum Gasteiger partial charge on any atom is -0.368 e. The van der Waals surface area contributed by atoms with Crippen molar-refractivity contribution < 1.29 is 4.79 Å². The first kappa shape index (κ1) is 16.7. The summed E-state index contributed by atoms with van der Waals surface area (Å²) in [5.41, 5.74) is 6.66. The van der Waals surface area contributed by atoms with Gasteiger partial charge in [-0.25, -0.2) is 0 Å². The predicted molar refractivity (Wildman–Crippen MR) is 97.9 cm³/mol. The molecule has 0 saturated heterocycles. The van der Waals surface area contributed by atoms with Crippen molar-refractivity contribution in [2.75, 3.05) is 0 Å². The Morgan fingerprint density at radius 2 is 2.04 bits per heavy atom. The molecule has 0 spiro atoms. The van der Waals surface area contributed by atoms with Crippen LogP contribution in [0, 0.1) is 0 Å². The van der Waals surface area contributed by atoms with E-state index in [1.807, 2.05) is 40.3 Å². The van der Waals surface area contributed by atoms with Crippen LogP contribution in [0.3, 0.4) is 0 Å². The first-order chi connectivity index (χ1) is 11.7. The largest absolute Gasteiger partial charge is 0.368 e. The second-order valence-electron chi connectivity index (χ2n) is 5.26. The first-order valence-electron chi connectivity index (χ1n) is 7.66. The van der Waals surface area contributed by atoms with Crippen molar-refractivity contribution in [3.63, 3.8) is 0 Å². The zero-order valence-corrected chi connectivity index (χ0v) is 14.9. The Morgan fingerprint density at radius 1 is 1.25 bits per heavy atom. The molecule has 0 fully saturated rings. The number of hydrogen-bond acceptors (Lipinski definition) is 5. The van der Waals surface area contributed by atoms with Crippen molar-refractivity contribution in [3.05, 3.63) is 53.4 Å². The van der Waals surface area contributed by atoms with E-state index in [1.54, 1.807) is 23.1 Å². The van der Waals surface area contributed by atoms with E-state index in [1.165, 1.54) is 5.56 Å². The van der Waals surface area contributed by atoms with E-state index in [2.05, 4.69) is 29.3 Å². The molecular formula is C17H18N4OS2. The molecule has 0 saturated carbocycles. The van der Waals surface area contributed by atoms with Crippen LogP contribution >= 0.6 is 23.1 Å². The van der Waals surface area contributed by atoms with Gasteiger partial charge in [-0.05, 0) is 23.4 Å². The Morgan fingerprint density at radius 3 is 2.67 bits per heavy atom. The summed E-state index contributed by atoms with van der Waals surface area (Å²) in [6.45, 7) is 2.22. The molecule has 1 amide bonds. The number of carbonyl (C=O) groups excluding carboxylic acids is 1. The summed E-state index contributed by atoms with van der Waals surface area (Å²) < 4.78 is 1.81. The average Bonchev–Trinajstić information content (AvgIpc) is 3.23. The first-order valence-corrected chi connectivity index (χ1v) is 9.42. The van der Waals surface area contributed by atoms with Crippen LogP contribution in [0.5, 0.6) is 0 Å². The zero-order chi connectivity index (χ0) is 16.9. The van der Waals surface area contributed by atoms with Gasteiger partial charge in [0.05, 0.1) is 4.88 Å². The lowest BCUT2D eigenvalue weighted by molar-refractivity contribution is -0.118. The number of benzene rings is 1. The molecule has 1 atom stereocenters. The van der Waals surface area contributed by atoms with Gasteiger partial charge in [-0.2, -0.15) is 0 Å². The molecule has 5 nitrogen and oxygen atoms in total. The topological polar surface area (TPSA) is 73.8 Å². The number of primary amides is 1. The summed E-state index contributed by atoms with van der Waals surface area (Å²) in [5.74, 6) is 0.288. The van der Waals surface area contributed by atoms with Crippen LogP contribution in [-0.2, 0) is 11.3 Å². The van der Waals surface area contributed by atoms with Gasteiger partial charge in [0.15, 0.2) is 11.0 Å². The fourth-order valence-corrected chi connectivity index (χ4v) is 4.24. The molecule has 0 aliphatic rings. The number of nitrogens with two attached hydrogens (primary N) is 1. The van der Waals surface area contributed by atoms with Gasteiger partial charge in [-0.1, -0.05) is 55.1 Å². The van der Waals surface area contributed by atoms with Crippen LogP contribution < -0.4 is 5.73 Å². The van der Waals surface area contributed by atoms with Gasteiger partial charge in [0.25, 0.3) is 0 Å². The SMILES string of the molecule is CC[C@H](Sc1nnc(-c2cccs2)n1CC(N)=O)c1ccccc1. The molecule has 2 heterocycles. The van der Waals surface area contributed by atoms with Crippen molar-refractivity contribution in [2.45, 2.75) is 30.3 Å². The fourth-order valence-electron chi connectivity index (χ4n) is 2.44. The summed E-state index contributed by atoms with van der Waals surface area (Å²) >= 11 is 3.18. The maximum absolute atomic E-state index is 11.5. The molecule has 2 aromatic heterocycles. The number of aromatic nitrogens is 3. The van der Waals surface area contributed by atoms with Crippen molar-refractivity contribution >= 4 is 29.0 Å². The number of thiophene rings is 1. The highest BCUT2D eigenvalue weighted by Crippen LogP contribution is 2.38. The number of nitrogens with zero attached hydrogens (tertiary/aromatic N) is 3. The number of carbonyl (C=O) groups is 1. The van der Waals surface area contributed by atoms with Crippen molar-refractivity contribution in [2.24, 2.45) is 5.73 Å². The summed E-state index contributed by atoms with van der Waals surface area (Å²) in [6, 6.07) is 14.2. The van der Waals surface area contributed by atoms with E-state index < -0.39 is 5.91 Å². The molecule has 2 N–H and O–H groups in total. The lowest BCUT2D eigenvalue weighted by atomic mass is 10.1. The normalized spacial score (nSPS) is 12.2. The van der Waals surface area contributed by atoms with Crippen molar-refractivity contribution in [1.29, 1.82) is 0 Å². The van der Waals surface area contributed by atoms with E-state index in [4.69, 9.17) is 5.73 Å². The van der Waals surface area contributed by atoms with Gasteiger partial charge >= 0.3 is 0 Å². The minimum absolute atomic E-state index is 0.0772. The highest BCUT2D eigenvalue weighted by molar-refractivity contribution is 7.99. The third-order valence-corrected chi connectivity index (χ3v) is 5.83. The fraction of sp³-hybridized carbons (Fsp3) is 0.235. The van der Waals surface area contributed by atoms with Crippen molar-refractivity contribution in [3.8, 4) is 10.7 Å². The maximum atomic E-state index is 11.5. The van der Waals surface area contributed by atoms with Gasteiger partial charge in [-0.3, -0.25) is 9.36 Å². The molecule has 0 bridgehead atoms. The predicted octanol–water partition coefficient (Wildman–Crippen LogP) is 3.74. The van der Waals surface area contributed by atoms with Crippen LogP contribution in [0.1, 0.15) is 24.2 Å². The van der Waals surface area contributed by atoms with Gasteiger partial charge in [0, 0.05) is 5.25 Å². The lowest BCUT2D eigenvalue weighted by Gasteiger charge is -2.15. The molecule has 0 aliphatic heterocycles. The molecule has 0 radical (unpaired) electrons. The van der Waals surface area contributed by atoms with Crippen LogP contribution in [0.4, 0.5) is 0 Å². The molecule has 1 aromatic carbocycles. The second kappa shape index (κ2) is 7.63. The minimum atomic E-state index is -0.401. The van der Waals surface area contributed by atoms with Crippen molar-refractivity contribution in [1.82, 2.24) is 14.8 Å². The van der Waals surface area contributed by atoms with Crippen LogP contribution in [0.2, 0.25) is 0 Å². The Bertz CT molecular complexity index is 799. The molecule has 0 aliphatic carbocycles. The maximum Gasteiger partial charge on any atom is 0.237 e. The van der Waals surface area contributed by atoms with Gasteiger partial charge in [-0.15, -0.1) is 21.5 Å². The Kier molecular flexibility index (Phi) is 5.32. The lowest BCUT2D eigenvalue weighted by Crippen LogP contribution is -2.20. The number of amides is 1. The quantitative estimate of drug-likeness (QED) is 0.653. The van der Waals surface area contributed by atoms with E-state index in [0.717, 1.165) is 11.3 Å². The summed E-state index contributed by atoms with van der Waals surface area (Å²) in [5, 5.41) is 11.5. The zero-order valence-electron chi connectivity index (χ0n) is 13.3. The second-order valence-corrected chi connectivity index (χ2v) is 7.38. The molecular weight excluding hydrogens is 340 g/mol. The molecule has 3 aromatic rings. The van der Waals surface area contributed by atoms with E-state index in [9.17, 15) is 4.79 Å². The number of thioether (sulfide) groups is 1. The summed E-state index contributed by atoms with van der Waals surface area (Å²) in [6.07, 6.45) is 0.951. The van der Waals surface area contributed by atoms with Crippen LogP contribution in [-0.4, -0.2) is 20.7 Å². The number of hydrogen-bond donors (Lipinski definition) is 1. The van der Waals surface area contributed by atoms with Crippen LogP contribution in [0.25, 0.3) is 10.7 Å². The molecule has 124 valence electrons. The Hall–Kier alpha value is -2.12. The molecule has 24 heavy (non-hydrogen) atoms. The Balaban J connectivity index is 1.94. The monoisotopic (exact) mass is 358 g/mol. The summed E-state index contributed by atoms with van der Waals surface area (Å²) in [7, 11) is 0. The van der Waals surface area contributed by atoms with Crippen LogP contribution in [0.15, 0.2) is 53.0 Å². The van der Waals surface area contributed by atoms with Gasteiger partial charge < -0.3 is 5.73 Å². The van der Waals surface area contributed by atoms with E-state index in [-0.39, 0.29) is 11.8 Å².